The quantitative estimate of drug-likeness (QED) is 0.844. The first kappa shape index (κ1) is 12.5. The lowest BCUT2D eigenvalue weighted by atomic mass is 10.0. The molecule has 0 fully saturated rings. The maximum absolute atomic E-state index is 11.7. The van der Waals surface area contributed by atoms with Crippen LogP contribution in [0.25, 0.3) is 11.3 Å². The highest BCUT2D eigenvalue weighted by Crippen LogP contribution is 2.24. The van der Waals surface area contributed by atoms with E-state index in [0.29, 0.717) is 6.42 Å². The molecule has 0 bridgehead atoms. The van der Waals surface area contributed by atoms with Crippen LogP contribution in [0.3, 0.4) is 0 Å². The van der Waals surface area contributed by atoms with Crippen molar-refractivity contribution in [2.75, 3.05) is 14.1 Å². The predicted molar refractivity (Wildman–Crippen MR) is 71.5 cm³/mol. The molecule has 0 saturated carbocycles. The van der Waals surface area contributed by atoms with Gasteiger partial charge in [0, 0.05) is 18.8 Å². The second kappa shape index (κ2) is 5.60. The standard InChI is InChI=1S/C14H17N3O/c1-15-13(14(18)16-2)8-10-9-17-12-7-5-3-4-6-11(10)12/h3-7,9,13,15H,8H2,1-2H3,(H,16,18). The minimum atomic E-state index is -0.229. The molecule has 4 nitrogen and oxygen atoms in total. The number of aromatic nitrogens is 1. The predicted octanol–water partition coefficient (Wildman–Crippen LogP) is 1.06. The molecule has 0 aromatic heterocycles. The van der Waals surface area contributed by atoms with Gasteiger partial charge < -0.3 is 10.6 Å². The van der Waals surface area contributed by atoms with Crippen LogP contribution in [0, 0.1) is 0 Å². The molecule has 4 heteroatoms. The SMILES string of the molecule is CNC(=O)C(Cc1cnc2cccccc1-2)NC. The van der Waals surface area contributed by atoms with Crippen LogP contribution in [-0.4, -0.2) is 31.0 Å². The van der Waals surface area contributed by atoms with Crippen molar-refractivity contribution in [1.29, 1.82) is 0 Å². The third kappa shape index (κ3) is 2.49. The van der Waals surface area contributed by atoms with Gasteiger partial charge in [0.25, 0.3) is 0 Å². The van der Waals surface area contributed by atoms with E-state index in [0.717, 1.165) is 16.8 Å². The Hall–Kier alpha value is -1.94. The molecule has 1 atom stereocenters. The summed E-state index contributed by atoms with van der Waals surface area (Å²) in [6.07, 6.45) is 2.48. The molecule has 0 saturated heterocycles. The summed E-state index contributed by atoms with van der Waals surface area (Å²) in [6, 6.07) is 9.71. The van der Waals surface area contributed by atoms with Crippen LogP contribution in [0.1, 0.15) is 5.56 Å². The second-order valence-electron chi connectivity index (χ2n) is 4.15. The number of nitrogens with one attached hydrogen (secondary N) is 2. The van der Waals surface area contributed by atoms with Gasteiger partial charge in [0.1, 0.15) is 0 Å². The lowest BCUT2D eigenvalue weighted by molar-refractivity contribution is -0.122. The topological polar surface area (TPSA) is 54.0 Å². The van der Waals surface area contributed by atoms with E-state index >= 15 is 0 Å². The molecule has 0 aromatic carbocycles. The Morgan fingerprint density at radius 2 is 2.06 bits per heavy atom. The molecule has 1 unspecified atom stereocenters. The van der Waals surface area contributed by atoms with E-state index in [1.165, 1.54) is 0 Å². The monoisotopic (exact) mass is 243 g/mol. The molecule has 0 radical (unpaired) electrons. The summed E-state index contributed by atoms with van der Waals surface area (Å²) in [6.45, 7) is 0. The van der Waals surface area contributed by atoms with Crippen LogP contribution in [0.4, 0.5) is 0 Å². The third-order valence-corrected chi connectivity index (χ3v) is 3.06. The summed E-state index contributed by atoms with van der Waals surface area (Å²) in [5, 5.41) is 5.68. The van der Waals surface area contributed by atoms with Crippen LogP contribution >= 0.6 is 0 Å². The summed E-state index contributed by atoms with van der Waals surface area (Å²) < 4.78 is 0. The largest absolute Gasteiger partial charge is 0.358 e. The van der Waals surface area contributed by atoms with Crippen molar-refractivity contribution < 1.29 is 4.79 Å². The van der Waals surface area contributed by atoms with E-state index in [1.54, 1.807) is 14.1 Å². The Bertz CT molecular complexity index is 512. The molecule has 0 spiro atoms. The highest BCUT2D eigenvalue weighted by molar-refractivity contribution is 5.82. The van der Waals surface area contributed by atoms with Crippen molar-refractivity contribution in [1.82, 2.24) is 15.6 Å². The van der Waals surface area contributed by atoms with Crippen molar-refractivity contribution in [3.05, 3.63) is 42.1 Å². The molecule has 1 amide bonds. The van der Waals surface area contributed by atoms with Crippen molar-refractivity contribution >= 4 is 5.91 Å². The normalized spacial score (nSPS) is 12.3. The van der Waals surface area contributed by atoms with Gasteiger partial charge in [-0.3, -0.25) is 9.78 Å². The number of carbonyl (C=O) groups excluding carboxylic acids is 1. The number of likely N-dealkylation sites (N-methyl/N-ethyl adjacent to an activating group) is 2. The number of nitrogens with zero attached hydrogens (tertiary/aromatic N) is 1. The van der Waals surface area contributed by atoms with E-state index < -0.39 is 0 Å². The number of amides is 1. The van der Waals surface area contributed by atoms with Crippen LogP contribution in [-0.2, 0) is 11.2 Å². The van der Waals surface area contributed by atoms with Gasteiger partial charge >= 0.3 is 0 Å². The number of fused-ring (bicyclic) bond motifs is 1. The Balaban J connectivity index is 2.26. The van der Waals surface area contributed by atoms with Crippen molar-refractivity contribution in [2.45, 2.75) is 12.5 Å². The van der Waals surface area contributed by atoms with Crippen molar-refractivity contribution in [3.8, 4) is 11.3 Å². The summed E-state index contributed by atoms with van der Waals surface area (Å²) in [7, 11) is 3.44. The Morgan fingerprint density at radius 3 is 2.78 bits per heavy atom. The fourth-order valence-corrected chi connectivity index (χ4v) is 2.02. The van der Waals surface area contributed by atoms with Gasteiger partial charge in [-0.15, -0.1) is 0 Å². The Labute approximate surface area is 107 Å². The molecule has 1 aliphatic carbocycles. The summed E-state index contributed by atoms with van der Waals surface area (Å²) in [5.41, 5.74) is 3.15. The average Bonchev–Trinajstić information content (AvgIpc) is 2.63. The van der Waals surface area contributed by atoms with Crippen LogP contribution in [0.2, 0.25) is 0 Å². The van der Waals surface area contributed by atoms with Gasteiger partial charge in [-0.05, 0) is 25.1 Å². The van der Waals surface area contributed by atoms with Gasteiger partial charge in [0.05, 0.1) is 11.7 Å². The van der Waals surface area contributed by atoms with E-state index in [-0.39, 0.29) is 11.9 Å². The molecule has 2 rings (SSSR count). The van der Waals surface area contributed by atoms with Crippen molar-refractivity contribution in [3.63, 3.8) is 0 Å². The van der Waals surface area contributed by atoms with E-state index in [9.17, 15) is 4.79 Å². The van der Waals surface area contributed by atoms with Gasteiger partial charge in [0.15, 0.2) is 0 Å². The zero-order chi connectivity index (χ0) is 13.0. The van der Waals surface area contributed by atoms with E-state index in [2.05, 4.69) is 15.6 Å². The molecular weight excluding hydrogens is 226 g/mol. The fourth-order valence-electron chi connectivity index (χ4n) is 2.02. The average molecular weight is 243 g/mol. The van der Waals surface area contributed by atoms with Gasteiger partial charge in [-0.25, -0.2) is 0 Å². The Kier molecular flexibility index (Phi) is 3.89. The fraction of sp³-hybridized carbons (Fsp3) is 0.286. The first-order valence-corrected chi connectivity index (χ1v) is 5.97. The van der Waals surface area contributed by atoms with Crippen molar-refractivity contribution in [2.24, 2.45) is 0 Å². The van der Waals surface area contributed by atoms with Crippen LogP contribution in [0.15, 0.2) is 36.5 Å². The lowest BCUT2D eigenvalue weighted by Gasteiger charge is -2.14. The smallest absolute Gasteiger partial charge is 0.237 e. The summed E-state index contributed by atoms with van der Waals surface area (Å²) >= 11 is 0. The highest BCUT2D eigenvalue weighted by Gasteiger charge is 2.19. The zero-order valence-electron chi connectivity index (χ0n) is 10.6. The number of hydrogen-bond donors (Lipinski definition) is 2. The zero-order valence-corrected chi connectivity index (χ0v) is 10.6. The maximum Gasteiger partial charge on any atom is 0.237 e. The molecule has 2 N–H and O–H groups in total. The molecule has 1 aliphatic heterocycles. The first-order chi connectivity index (χ1) is 8.76. The molecule has 2 aliphatic rings. The lowest BCUT2D eigenvalue weighted by Crippen LogP contribution is -2.42. The second-order valence-corrected chi connectivity index (χ2v) is 4.15. The van der Waals surface area contributed by atoms with Gasteiger partial charge in [0.2, 0.25) is 5.91 Å². The van der Waals surface area contributed by atoms with Crippen LogP contribution in [0.5, 0.6) is 0 Å². The minimum Gasteiger partial charge on any atom is -0.358 e. The summed E-state index contributed by atoms with van der Waals surface area (Å²) in [4.78, 5) is 16.0. The number of hydrogen-bond acceptors (Lipinski definition) is 3. The minimum absolute atomic E-state index is 0.00726. The molecule has 1 heterocycles. The molecule has 94 valence electrons. The number of rotatable bonds is 4. The number of carbonyl (C=O) groups is 1. The highest BCUT2D eigenvalue weighted by atomic mass is 16.2. The summed E-state index contributed by atoms with van der Waals surface area (Å²) in [5.74, 6) is -0.00726. The van der Waals surface area contributed by atoms with E-state index in [4.69, 9.17) is 0 Å². The molecular formula is C14H17N3O. The van der Waals surface area contributed by atoms with Gasteiger partial charge in [-0.2, -0.15) is 0 Å². The first-order valence-electron chi connectivity index (χ1n) is 5.97. The van der Waals surface area contributed by atoms with Gasteiger partial charge in [-0.1, -0.05) is 24.3 Å². The maximum atomic E-state index is 11.7. The van der Waals surface area contributed by atoms with Crippen LogP contribution < -0.4 is 10.6 Å². The van der Waals surface area contributed by atoms with E-state index in [1.807, 2.05) is 36.5 Å². The molecule has 0 aromatic rings. The Morgan fingerprint density at radius 1 is 1.28 bits per heavy atom. The third-order valence-electron chi connectivity index (χ3n) is 3.06. The molecule has 18 heavy (non-hydrogen) atoms.